The van der Waals surface area contributed by atoms with Gasteiger partial charge in [-0.05, 0) is 35.0 Å². The van der Waals surface area contributed by atoms with Gasteiger partial charge in [0.25, 0.3) is 5.91 Å². The van der Waals surface area contributed by atoms with Crippen LogP contribution in [0.2, 0.25) is 0 Å². The van der Waals surface area contributed by atoms with Gasteiger partial charge in [-0.3, -0.25) is 10.1 Å². The molecule has 0 saturated heterocycles. The van der Waals surface area contributed by atoms with E-state index < -0.39 is 11.7 Å². The molecule has 0 aliphatic carbocycles. The van der Waals surface area contributed by atoms with Gasteiger partial charge in [0.2, 0.25) is 0 Å². The highest BCUT2D eigenvalue weighted by Crippen LogP contribution is 2.22. The predicted molar refractivity (Wildman–Crippen MR) is 68.9 cm³/mol. The monoisotopic (exact) mass is 314 g/mol. The number of carbonyl (C=O) groups excluding carboxylic acids is 1. The highest BCUT2D eigenvalue weighted by atomic mass is 79.9. The number of rotatable bonds is 2. The van der Waals surface area contributed by atoms with E-state index in [9.17, 15) is 9.18 Å². The third kappa shape index (κ3) is 2.70. The van der Waals surface area contributed by atoms with Crippen molar-refractivity contribution >= 4 is 38.3 Å². The summed E-state index contributed by atoms with van der Waals surface area (Å²) in [6, 6.07) is 4.39. The Labute approximate surface area is 110 Å². The normalized spacial score (nSPS) is 10.3. The second-order valence-electron chi connectivity index (χ2n) is 3.33. The summed E-state index contributed by atoms with van der Waals surface area (Å²) < 4.78 is 13.9. The fourth-order valence-electron chi connectivity index (χ4n) is 1.29. The van der Waals surface area contributed by atoms with E-state index in [-0.39, 0.29) is 5.56 Å². The molecule has 0 aliphatic rings. The molecule has 0 saturated carbocycles. The van der Waals surface area contributed by atoms with Crippen LogP contribution < -0.4 is 5.32 Å². The second kappa shape index (κ2) is 4.93. The number of thiazole rings is 1. The highest BCUT2D eigenvalue weighted by Gasteiger charge is 2.16. The van der Waals surface area contributed by atoms with E-state index in [1.807, 2.05) is 6.92 Å². The molecule has 1 aromatic carbocycles. The van der Waals surface area contributed by atoms with Crippen LogP contribution in [0.4, 0.5) is 9.52 Å². The van der Waals surface area contributed by atoms with E-state index in [0.29, 0.717) is 9.60 Å². The van der Waals surface area contributed by atoms with Crippen LogP contribution in [0, 0.1) is 12.7 Å². The van der Waals surface area contributed by atoms with E-state index >= 15 is 0 Å². The van der Waals surface area contributed by atoms with Gasteiger partial charge in [-0.1, -0.05) is 6.07 Å². The lowest BCUT2D eigenvalue weighted by Gasteiger charge is -2.05. The second-order valence-corrected chi connectivity index (χ2v) is 5.42. The number of halogens is 2. The Kier molecular flexibility index (Phi) is 3.54. The molecule has 1 heterocycles. The van der Waals surface area contributed by atoms with Gasteiger partial charge in [-0.25, -0.2) is 9.37 Å². The van der Waals surface area contributed by atoms with Crippen LogP contribution >= 0.6 is 27.3 Å². The van der Waals surface area contributed by atoms with Crippen LogP contribution in [-0.2, 0) is 0 Å². The molecule has 0 spiro atoms. The molecule has 3 nitrogen and oxygen atoms in total. The van der Waals surface area contributed by atoms with Crippen molar-refractivity contribution in [1.29, 1.82) is 0 Å². The maximum absolute atomic E-state index is 13.5. The zero-order valence-electron chi connectivity index (χ0n) is 8.83. The van der Waals surface area contributed by atoms with E-state index in [0.717, 1.165) is 4.88 Å². The van der Waals surface area contributed by atoms with Crippen molar-refractivity contribution < 1.29 is 9.18 Å². The summed E-state index contributed by atoms with van der Waals surface area (Å²) in [4.78, 5) is 16.8. The molecular formula is C11H8BrFN2OS. The van der Waals surface area contributed by atoms with Crippen LogP contribution in [0.3, 0.4) is 0 Å². The zero-order chi connectivity index (χ0) is 12.4. The average molecular weight is 315 g/mol. The topological polar surface area (TPSA) is 42.0 Å². The maximum Gasteiger partial charge on any atom is 0.261 e. The third-order valence-corrected chi connectivity index (χ3v) is 3.52. The number of hydrogen-bond donors (Lipinski definition) is 1. The molecule has 17 heavy (non-hydrogen) atoms. The lowest BCUT2D eigenvalue weighted by molar-refractivity contribution is 0.102. The molecule has 0 radical (unpaired) electrons. The quantitative estimate of drug-likeness (QED) is 0.920. The molecule has 0 atom stereocenters. The van der Waals surface area contributed by atoms with Crippen molar-refractivity contribution in [2.24, 2.45) is 0 Å². The molecular weight excluding hydrogens is 307 g/mol. The first-order valence-corrected chi connectivity index (χ1v) is 6.36. The fraction of sp³-hybridized carbons (Fsp3) is 0.0909. The number of nitrogens with one attached hydrogen (secondary N) is 1. The van der Waals surface area contributed by atoms with Crippen molar-refractivity contribution in [3.63, 3.8) is 0 Å². The molecule has 0 fully saturated rings. The predicted octanol–water partition coefficient (Wildman–Crippen LogP) is 3.61. The maximum atomic E-state index is 13.5. The lowest BCUT2D eigenvalue weighted by atomic mass is 10.2. The van der Waals surface area contributed by atoms with E-state index in [1.54, 1.807) is 12.3 Å². The van der Waals surface area contributed by atoms with Gasteiger partial charge >= 0.3 is 0 Å². The molecule has 88 valence electrons. The zero-order valence-corrected chi connectivity index (χ0v) is 11.2. The smallest absolute Gasteiger partial charge is 0.261 e. The summed E-state index contributed by atoms with van der Waals surface area (Å²) >= 11 is 4.49. The molecule has 1 N–H and O–H groups in total. The largest absolute Gasteiger partial charge is 0.298 e. The number of aromatic nitrogens is 1. The van der Waals surface area contributed by atoms with Crippen LogP contribution in [0.5, 0.6) is 0 Å². The van der Waals surface area contributed by atoms with Crippen molar-refractivity contribution in [1.82, 2.24) is 4.98 Å². The van der Waals surface area contributed by atoms with Gasteiger partial charge < -0.3 is 0 Å². The molecule has 1 aromatic heterocycles. The Hall–Kier alpha value is -1.27. The number of hydrogen-bond acceptors (Lipinski definition) is 3. The van der Waals surface area contributed by atoms with Crippen LogP contribution in [0.1, 0.15) is 15.2 Å². The third-order valence-electron chi connectivity index (χ3n) is 2.03. The summed E-state index contributed by atoms with van der Waals surface area (Å²) in [5.41, 5.74) is -0.0136. The minimum absolute atomic E-state index is 0.0136. The van der Waals surface area contributed by atoms with Crippen molar-refractivity contribution in [3.8, 4) is 0 Å². The first kappa shape index (κ1) is 12.2. The molecule has 0 unspecified atom stereocenters. The summed E-state index contributed by atoms with van der Waals surface area (Å²) in [5, 5.41) is 3.02. The van der Waals surface area contributed by atoms with Crippen LogP contribution in [-0.4, -0.2) is 10.9 Å². The number of anilines is 1. The number of benzene rings is 1. The molecule has 6 heteroatoms. The van der Waals surface area contributed by atoms with Crippen molar-refractivity contribution in [3.05, 3.63) is 45.1 Å². The Balaban J connectivity index is 2.26. The van der Waals surface area contributed by atoms with Crippen LogP contribution in [0.25, 0.3) is 0 Å². The van der Waals surface area contributed by atoms with Crippen molar-refractivity contribution in [2.45, 2.75) is 6.92 Å². The summed E-state index contributed by atoms with van der Waals surface area (Å²) in [6.07, 6.45) is 1.65. The summed E-state index contributed by atoms with van der Waals surface area (Å²) in [7, 11) is 0. The number of amides is 1. The van der Waals surface area contributed by atoms with E-state index in [4.69, 9.17) is 0 Å². The molecule has 0 aliphatic heterocycles. The summed E-state index contributed by atoms with van der Waals surface area (Å²) in [6.45, 7) is 1.88. The number of nitrogens with zero attached hydrogens (tertiary/aromatic N) is 1. The summed E-state index contributed by atoms with van der Waals surface area (Å²) in [5.74, 6) is -1.07. The van der Waals surface area contributed by atoms with E-state index in [1.165, 1.54) is 23.5 Å². The Morgan fingerprint density at radius 3 is 2.88 bits per heavy atom. The fourth-order valence-corrected chi connectivity index (χ4v) is 2.47. The van der Waals surface area contributed by atoms with Gasteiger partial charge in [-0.15, -0.1) is 11.3 Å². The highest BCUT2D eigenvalue weighted by molar-refractivity contribution is 9.10. The van der Waals surface area contributed by atoms with Crippen LogP contribution in [0.15, 0.2) is 28.9 Å². The minimum atomic E-state index is -0.565. The standard InChI is InChI=1S/C11H8BrFN2OS/c1-6-5-14-11(17-6)15-10(16)9-7(12)3-2-4-8(9)13/h2-5H,1H3,(H,14,15,16). The molecule has 2 aromatic rings. The lowest BCUT2D eigenvalue weighted by Crippen LogP contribution is -2.14. The van der Waals surface area contributed by atoms with Gasteiger partial charge in [0, 0.05) is 15.5 Å². The number of carbonyl (C=O) groups is 1. The minimum Gasteiger partial charge on any atom is -0.298 e. The molecule has 0 bridgehead atoms. The van der Waals surface area contributed by atoms with Gasteiger partial charge in [0.1, 0.15) is 5.82 Å². The average Bonchev–Trinajstić information content (AvgIpc) is 2.63. The Bertz CT molecular complexity index is 550. The first-order chi connectivity index (χ1) is 8.08. The van der Waals surface area contributed by atoms with Crippen molar-refractivity contribution in [2.75, 3.05) is 5.32 Å². The Morgan fingerprint density at radius 1 is 1.53 bits per heavy atom. The van der Waals surface area contributed by atoms with E-state index in [2.05, 4.69) is 26.2 Å². The number of aryl methyl sites for hydroxylation is 1. The van der Waals surface area contributed by atoms with Gasteiger partial charge in [0.15, 0.2) is 5.13 Å². The Morgan fingerprint density at radius 2 is 2.29 bits per heavy atom. The molecule has 1 amide bonds. The van der Waals surface area contributed by atoms with Gasteiger partial charge in [0.05, 0.1) is 5.56 Å². The first-order valence-electron chi connectivity index (χ1n) is 4.75. The van der Waals surface area contributed by atoms with Gasteiger partial charge in [-0.2, -0.15) is 0 Å². The SMILES string of the molecule is Cc1cnc(NC(=O)c2c(F)cccc2Br)s1. The molecule has 2 rings (SSSR count).